The van der Waals surface area contributed by atoms with Crippen LogP contribution < -0.4 is 16.0 Å². The number of hydrogen-bond acceptors (Lipinski definition) is 4. The summed E-state index contributed by atoms with van der Waals surface area (Å²) in [7, 11) is 0. The molecule has 0 bridgehead atoms. The molecule has 1 aromatic heterocycles. The van der Waals surface area contributed by atoms with E-state index in [0.29, 0.717) is 23.6 Å². The van der Waals surface area contributed by atoms with Gasteiger partial charge in [-0.05, 0) is 54.1 Å². The normalized spacial score (nSPS) is 10.2. The van der Waals surface area contributed by atoms with Crippen LogP contribution in [0.25, 0.3) is 0 Å². The molecule has 3 N–H and O–H groups in total. The van der Waals surface area contributed by atoms with Crippen molar-refractivity contribution in [3.8, 4) is 0 Å². The Kier molecular flexibility index (Phi) is 5.96. The number of benzene rings is 2. The van der Waals surface area contributed by atoms with Crippen molar-refractivity contribution in [2.45, 2.75) is 13.5 Å². The van der Waals surface area contributed by atoms with E-state index in [1.165, 1.54) is 25.3 Å². The van der Waals surface area contributed by atoms with E-state index < -0.39 is 0 Å². The van der Waals surface area contributed by atoms with E-state index in [1.807, 2.05) is 12.1 Å². The molecule has 28 heavy (non-hydrogen) atoms. The summed E-state index contributed by atoms with van der Waals surface area (Å²) in [6.07, 6.45) is 1.48. The molecule has 6 nitrogen and oxygen atoms in total. The standard InChI is InChI=1S/C21H19FN4O2/c1-14(27)25-18-7-9-19(10-8-18)26-20-11-4-16(13-23-20)21(28)24-12-15-2-5-17(22)6-3-15/h2-11,13H,12H2,1H3,(H,23,26)(H,24,28)(H,25,27). The highest BCUT2D eigenvalue weighted by molar-refractivity contribution is 5.94. The third kappa shape index (κ3) is 5.38. The van der Waals surface area contributed by atoms with Gasteiger partial charge in [0.05, 0.1) is 5.56 Å². The van der Waals surface area contributed by atoms with Gasteiger partial charge >= 0.3 is 0 Å². The monoisotopic (exact) mass is 378 g/mol. The van der Waals surface area contributed by atoms with Crippen LogP contribution in [0.5, 0.6) is 0 Å². The Morgan fingerprint density at radius 1 is 0.929 bits per heavy atom. The molecule has 0 unspecified atom stereocenters. The molecule has 0 aliphatic rings. The molecule has 0 aliphatic heterocycles. The topological polar surface area (TPSA) is 83.1 Å². The van der Waals surface area contributed by atoms with Crippen LogP contribution in [-0.4, -0.2) is 16.8 Å². The first-order chi connectivity index (χ1) is 13.5. The maximum Gasteiger partial charge on any atom is 0.253 e. The van der Waals surface area contributed by atoms with Gasteiger partial charge in [0.15, 0.2) is 0 Å². The summed E-state index contributed by atoms with van der Waals surface area (Å²) in [5.41, 5.74) is 2.74. The smallest absolute Gasteiger partial charge is 0.253 e. The van der Waals surface area contributed by atoms with E-state index >= 15 is 0 Å². The fraction of sp³-hybridized carbons (Fsp3) is 0.0952. The minimum Gasteiger partial charge on any atom is -0.348 e. The number of aromatic nitrogens is 1. The minimum atomic E-state index is -0.313. The van der Waals surface area contributed by atoms with Gasteiger partial charge in [0.1, 0.15) is 11.6 Å². The zero-order valence-electron chi connectivity index (χ0n) is 15.2. The van der Waals surface area contributed by atoms with E-state index in [-0.39, 0.29) is 17.6 Å². The number of pyridine rings is 1. The Hall–Kier alpha value is -3.74. The van der Waals surface area contributed by atoms with Gasteiger partial charge < -0.3 is 16.0 Å². The number of hydrogen-bond donors (Lipinski definition) is 3. The van der Waals surface area contributed by atoms with Crippen LogP contribution >= 0.6 is 0 Å². The number of nitrogens with one attached hydrogen (secondary N) is 3. The molecule has 0 spiro atoms. The summed E-state index contributed by atoms with van der Waals surface area (Å²) >= 11 is 0. The summed E-state index contributed by atoms with van der Waals surface area (Å²) in [6.45, 7) is 1.76. The molecule has 2 amide bonds. The molecule has 0 saturated carbocycles. The number of halogens is 1. The van der Waals surface area contributed by atoms with Gasteiger partial charge in [-0.1, -0.05) is 12.1 Å². The fourth-order valence-corrected chi connectivity index (χ4v) is 2.48. The van der Waals surface area contributed by atoms with Gasteiger partial charge in [0, 0.05) is 31.0 Å². The number of amides is 2. The highest BCUT2D eigenvalue weighted by Crippen LogP contribution is 2.18. The largest absolute Gasteiger partial charge is 0.348 e. The number of nitrogens with zero attached hydrogens (tertiary/aromatic N) is 1. The molecule has 0 atom stereocenters. The van der Waals surface area contributed by atoms with Crippen molar-refractivity contribution < 1.29 is 14.0 Å². The molecular weight excluding hydrogens is 359 g/mol. The van der Waals surface area contributed by atoms with Gasteiger partial charge in [-0.15, -0.1) is 0 Å². The van der Waals surface area contributed by atoms with Gasteiger partial charge in [0.25, 0.3) is 5.91 Å². The molecule has 0 fully saturated rings. The lowest BCUT2D eigenvalue weighted by Crippen LogP contribution is -2.22. The molecule has 0 radical (unpaired) electrons. The first-order valence-corrected chi connectivity index (χ1v) is 8.63. The quantitative estimate of drug-likeness (QED) is 0.608. The Morgan fingerprint density at radius 2 is 1.61 bits per heavy atom. The second kappa shape index (κ2) is 8.77. The van der Waals surface area contributed by atoms with Crippen LogP contribution in [0.2, 0.25) is 0 Å². The molecule has 2 aromatic carbocycles. The maximum absolute atomic E-state index is 12.9. The fourth-order valence-electron chi connectivity index (χ4n) is 2.48. The van der Waals surface area contributed by atoms with E-state index in [1.54, 1.807) is 36.4 Å². The minimum absolute atomic E-state index is 0.129. The molecule has 0 saturated heterocycles. The Labute approximate surface area is 161 Å². The molecule has 0 aliphatic carbocycles. The first kappa shape index (κ1) is 19.0. The zero-order valence-corrected chi connectivity index (χ0v) is 15.2. The van der Waals surface area contributed by atoms with Crippen molar-refractivity contribution in [2.75, 3.05) is 10.6 Å². The average Bonchev–Trinajstić information content (AvgIpc) is 2.69. The highest BCUT2D eigenvalue weighted by Gasteiger charge is 2.06. The summed E-state index contributed by atoms with van der Waals surface area (Å²) in [5, 5.41) is 8.59. The summed E-state index contributed by atoms with van der Waals surface area (Å²) in [5.74, 6) is -0.117. The van der Waals surface area contributed by atoms with Gasteiger partial charge in [-0.3, -0.25) is 9.59 Å². The predicted molar refractivity (Wildman–Crippen MR) is 106 cm³/mol. The number of rotatable bonds is 6. The van der Waals surface area contributed by atoms with Crippen LogP contribution in [0.15, 0.2) is 66.9 Å². The van der Waals surface area contributed by atoms with Crippen LogP contribution in [0.4, 0.5) is 21.6 Å². The van der Waals surface area contributed by atoms with Crippen molar-refractivity contribution in [1.29, 1.82) is 0 Å². The predicted octanol–water partition coefficient (Wildman–Crippen LogP) is 3.85. The summed E-state index contributed by atoms with van der Waals surface area (Å²) in [6, 6.07) is 16.5. The van der Waals surface area contributed by atoms with Gasteiger partial charge in [-0.25, -0.2) is 9.37 Å². The Bertz CT molecular complexity index is 955. The molecular formula is C21H19FN4O2. The molecule has 142 valence electrons. The number of anilines is 3. The van der Waals surface area contributed by atoms with Crippen LogP contribution in [0, 0.1) is 5.82 Å². The molecule has 3 aromatic rings. The summed E-state index contributed by atoms with van der Waals surface area (Å²) in [4.78, 5) is 27.5. The second-order valence-electron chi connectivity index (χ2n) is 6.12. The molecule has 3 rings (SSSR count). The van der Waals surface area contributed by atoms with Crippen LogP contribution in [0.3, 0.4) is 0 Å². The number of carbonyl (C=O) groups is 2. The summed E-state index contributed by atoms with van der Waals surface area (Å²) < 4.78 is 12.9. The lowest BCUT2D eigenvalue weighted by molar-refractivity contribution is -0.114. The Balaban J connectivity index is 1.55. The molecule has 7 heteroatoms. The molecule has 1 heterocycles. The third-order valence-corrected chi connectivity index (χ3v) is 3.87. The first-order valence-electron chi connectivity index (χ1n) is 8.63. The van der Waals surface area contributed by atoms with Gasteiger partial charge in [-0.2, -0.15) is 0 Å². The van der Waals surface area contributed by atoms with E-state index in [2.05, 4.69) is 20.9 Å². The third-order valence-electron chi connectivity index (χ3n) is 3.87. The highest BCUT2D eigenvalue weighted by atomic mass is 19.1. The SMILES string of the molecule is CC(=O)Nc1ccc(Nc2ccc(C(=O)NCc3ccc(F)cc3)cn2)cc1. The van der Waals surface area contributed by atoms with E-state index in [4.69, 9.17) is 0 Å². The van der Waals surface area contributed by atoms with Crippen LogP contribution in [-0.2, 0) is 11.3 Å². The lowest BCUT2D eigenvalue weighted by atomic mass is 10.2. The van der Waals surface area contributed by atoms with Crippen molar-refractivity contribution in [3.05, 3.63) is 83.8 Å². The van der Waals surface area contributed by atoms with Crippen molar-refractivity contribution in [1.82, 2.24) is 10.3 Å². The van der Waals surface area contributed by atoms with Crippen molar-refractivity contribution in [3.63, 3.8) is 0 Å². The Morgan fingerprint density at radius 3 is 2.21 bits per heavy atom. The zero-order chi connectivity index (χ0) is 19.9. The van der Waals surface area contributed by atoms with E-state index in [0.717, 1.165) is 11.3 Å². The maximum atomic E-state index is 12.9. The lowest BCUT2D eigenvalue weighted by Gasteiger charge is -2.09. The number of carbonyl (C=O) groups excluding carboxylic acids is 2. The van der Waals surface area contributed by atoms with Gasteiger partial charge in [0.2, 0.25) is 5.91 Å². The van der Waals surface area contributed by atoms with Crippen molar-refractivity contribution in [2.24, 2.45) is 0 Å². The average molecular weight is 378 g/mol. The van der Waals surface area contributed by atoms with Crippen LogP contribution in [0.1, 0.15) is 22.8 Å². The van der Waals surface area contributed by atoms with Crippen molar-refractivity contribution >= 4 is 29.0 Å². The second-order valence-corrected chi connectivity index (χ2v) is 6.12. The van der Waals surface area contributed by atoms with E-state index in [9.17, 15) is 14.0 Å².